The zero-order valence-electron chi connectivity index (χ0n) is 15.3. The molecular formula is C19H15ClF3N3O4. The Morgan fingerprint density at radius 3 is 2.70 bits per heavy atom. The first-order valence-electron chi connectivity index (χ1n) is 9.06. The number of benzene rings is 2. The molecule has 1 fully saturated rings. The Hall–Kier alpha value is -3.01. The number of nitrogens with one attached hydrogen (secondary N) is 1. The van der Waals surface area contributed by atoms with Crippen LogP contribution in [0.15, 0.2) is 36.4 Å². The summed E-state index contributed by atoms with van der Waals surface area (Å²) in [6, 6.07) is 7.79. The number of hydrogen-bond donors (Lipinski definition) is 1. The van der Waals surface area contributed by atoms with Crippen molar-refractivity contribution in [3.05, 3.63) is 57.1 Å². The van der Waals surface area contributed by atoms with Crippen molar-refractivity contribution in [2.75, 3.05) is 11.4 Å². The van der Waals surface area contributed by atoms with Crippen molar-refractivity contribution in [2.45, 2.75) is 31.1 Å². The van der Waals surface area contributed by atoms with Gasteiger partial charge in [0.15, 0.2) is 5.75 Å². The largest absolute Gasteiger partial charge is 0.471 e. The molecule has 2 aromatic carbocycles. The van der Waals surface area contributed by atoms with Crippen molar-refractivity contribution in [1.82, 2.24) is 5.32 Å². The second-order valence-corrected chi connectivity index (χ2v) is 7.43. The quantitative estimate of drug-likeness (QED) is 0.537. The molecule has 7 nitrogen and oxygen atoms in total. The third-order valence-corrected chi connectivity index (χ3v) is 5.50. The summed E-state index contributed by atoms with van der Waals surface area (Å²) >= 11 is 6.09. The van der Waals surface area contributed by atoms with Crippen LogP contribution in [0.25, 0.3) is 0 Å². The number of alkyl halides is 3. The highest BCUT2D eigenvalue weighted by atomic mass is 35.5. The SMILES string of the molecule is O=C(N[C@@H]1CCCN2c3cc(Cl)c([N+](=O)[O-])cc3Oc3ccccc3[C@H]12)C(F)(F)F. The fraction of sp³-hybridized carbons (Fsp3) is 0.316. The number of piperidine rings is 1. The number of halogens is 4. The van der Waals surface area contributed by atoms with Crippen LogP contribution in [-0.4, -0.2) is 29.6 Å². The molecule has 0 saturated carbocycles. The molecule has 11 heteroatoms. The molecule has 2 aromatic rings. The van der Waals surface area contributed by atoms with Crippen molar-refractivity contribution in [3.63, 3.8) is 0 Å². The van der Waals surface area contributed by atoms with E-state index >= 15 is 0 Å². The first-order chi connectivity index (χ1) is 14.2. The highest BCUT2D eigenvalue weighted by Gasteiger charge is 2.44. The Morgan fingerprint density at radius 2 is 2.00 bits per heavy atom. The van der Waals surface area contributed by atoms with Crippen LogP contribution in [-0.2, 0) is 4.79 Å². The third kappa shape index (κ3) is 3.51. The molecule has 4 rings (SSSR count). The van der Waals surface area contributed by atoms with E-state index in [1.807, 2.05) is 0 Å². The molecule has 158 valence electrons. The van der Waals surface area contributed by atoms with Crippen LogP contribution in [0.2, 0.25) is 5.02 Å². The van der Waals surface area contributed by atoms with Gasteiger partial charge < -0.3 is 15.0 Å². The van der Waals surface area contributed by atoms with Crippen LogP contribution in [0.5, 0.6) is 11.5 Å². The summed E-state index contributed by atoms with van der Waals surface area (Å²) in [7, 11) is 0. The van der Waals surface area contributed by atoms with Gasteiger partial charge in [0.05, 0.1) is 28.8 Å². The van der Waals surface area contributed by atoms with Crippen molar-refractivity contribution >= 4 is 28.9 Å². The van der Waals surface area contributed by atoms with Gasteiger partial charge in [-0.05, 0) is 25.0 Å². The molecule has 0 spiro atoms. The van der Waals surface area contributed by atoms with Gasteiger partial charge in [-0.25, -0.2) is 0 Å². The monoisotopic (exact) mass is 441 g/mol. The van der Waals surface area contributed by atoms with E-state index in [2.05, 4.69) is 5.32 Å². The van der Waals surface area contributed by atoms with Crippen LogP contribution < -0.4 is 15.0 Å². The summed E-state index contributed by atoms with van der Waals surface area (Å²) in [6.07, 6.45) is -4.19. The van der Waals surface area contributed by atoms with Gasteiger partial charge in [0.2, 0.25) is 0 Å². The molecule has 0 aliphatic carbocycles. The molecule has 0 unspecified atom stereocenters. The summed E-state index contributed by atoms with van der Waals surface area (Å²) in [4.78, 5) is 24.1. The smallest absolute Gasteiger partial charge is 0.455 e. The summed E-state index contributed by atoms with van der Waals surface area (Å²) in [5.74, 6) is -1.50. The molecule has 2 aliphatic rings. The maximum absolute atomic E-state index is 12.9. The number of nitro benzene ring substituents is 1. The predicted molar refractivity (Wildman–Crippen MR) is 102 cm³/mol. The second kappa shape index (κ2) is 7.35. The van der Waals surface area contributed by atoms with E-state index in [4.69, 9.17) is 16.3 Å². The fourth-order valence-corrected chi connectivity index (χ4v) is 4.19. The van der Waals surface area contributed by atoms with Gasteiger partial charge in [-0.15, -0.1) is 0 Å². The van der Waals surface area contributed by atoms with Gasteiger partial charge >= 0.3 is 12.1 Å². The van der Waals surface area contributed by atoms with E-state index in [-0.39, 0.29) is 16.5 Å². The third-order valence-electron chi connectivity index (χ3n) is 5.20. The first kappa shape index (κ1) is 20.3. The molecule has 2 heterocycles. The lowest BCUT2D eigenvalue weighted by Gasteiger charge is -2.42. The van der Waals surface area contributed by atoms with E-state index in [0.717, 1.165) is 0 Å². The molecule has 1 saturated heterocycles. The van der Waals surface area contributed by atoms with Crippen molar-refractivity contribution in [3.8, 4) is 11.5 Å². The average molecular weight is 442 g/mol. The Kier molecular flexibility index (Phi) is 4.97. The number of amides is 1. The van der Waals surface area contributed by atoms with Crippen LogP contribution in [0.1, 0.15) is 24.4 Å². The average Bonchev–Trinajstić information content (AvgIpc) is 2.81. The van der Waals surface area contributed by atoms with Gasteiger partial charge in [-0.2, -0.15) is 13.2 Å². The molecule has 1 N–H and O–H groups in total. The zero-order chi connectivity index (χ0) is 21.6. The molecule has 0 radical (unpaired) electrons. The van der Waals surface area contributed by atoms with Gasteiger partial charge in [0.1, 0.15) is 10.8 Å². The van der Waals surface area contributed by atoms with E-state index in [9.17, 15) is 28.1 Å². The summed E-state index contributed by atoms with van der Waals surface area (Å²) in [5, 5.41) is 13.3. The topological polar surface area (TPSA) is 84.7 Å². The normalized spacial score (nSPS) is 20.2. The van der Waals surface area contributed by atoms with Gasteiger partial charge in [-0.1, -0.05) is 29.8 Å². The van der Waals surface area contributed by atoms with Gasteiger partial charge in [0.25, 0.3) is 5.69 Å². The lowest BCUT2D eigenvalue weighted by Crippen LogP contribution is -2.52. The Bertz CT molecular complexity index is 1030. The lowest BCUT2D eigenvalue weighted by atomic mass is 9.89. The van der Waals surface area contributed by atoms with Crippen molar-refractivity contribution in [1.29, 1.82) is 0 Å². The minimum Gasteiger partial charge on any atom is -0.455 e. The predicted octanol–water partition coefficient (Wildman–Crippen LogP) is 4.74. The number of para-hydroxylation sites is 1. The molecule has 30 heavy (non-hydrogen) atoms. The molecule has 2 aliphatic heterocycles. The second-order valence-electron chi connectivity index (χ2n) is 7.03. The number of rotatable bonds is 2. The Morgan fingerprint density at radius 1 is 1.27 bits per heavy atom. The highest BCUT2D eigenvalue weighted by molar-refractivity contribution is 6.33. The van der Waals surface area contributed by atoms with Crippen LogP contribution in [0.4, 0.5) is 24.5 Å². The van der Waals surface area contributed by atoms with E-state index in [0.29, 0.717) is 36.4 Å². The summed E-state index contributed by atoms with van der Waals surface area (Å²) in [5.41, 5.74) is 0.641. The number of hydrogen-bond acceptors (Lipinski definition) is 5. The number of carbonyl (C=O) groups excluding carboxylic acids is 1. The van der Waals surface area contributed by atoms with Crippen LogP contribution >= 0.6 is 11.6 Å². The number of ether oxygens (including phenoxy) is 1. The lowest BCUT2D eigenvalue weighted by molar-refractivity contribution is -0.384. The molecular weight excluding hydrogens is 427 g/mol. The van der Waals surface area contributed by atoms with E-state index in [1.165, 1.54) is 12.1 Å². The molecule has 0 aromatic heterocycles. The number of nitrogens with zero attached hydrogens (tertiary/aromatic N) is 2. The Balaban J connectivity index is 1.84. The van der Waals surface area contributed by atoms with Crippen molar-refractivity contribution in [2.24, 2.45) is 0 Å². The zero-order valence-corrected chi connectivity index (χ0v) is 16.0. The molecule has 2 atom stereocenters. The van der Waals surface area contributed by atoms with Crippen molar-refractivity contribution < 1.29 is 27.6 Å². The Labute approximate surface area is 173 Å². The van der Waals surface area contributed by atoms with Crippen LogP contribution in [0, 0.1) is 10.1 Å². The number of anilines is 1. The maximum atomic E-state index is 12.9. The number of carbonyl (C=O) groups is 1. The molecule has 1 amide bonds. The van der Waals surface area contributed by atoms with E-state index in [1.54, 1.807) is 29.2 Å². The summed E-state index contributed by atoms with van der Waals surface area (Å²) in [6.45, 7) is 0.446. The first-order valence-corrected chi connectivity index (χ1v) is 9.43. The van der Waals surface area contributed by atoms with Gasteiger partial charge in [0, 0.05) is 12.1 Å². The molecule has 0 bridgehead atoms. The van der Waals surface area contributed by atoms with Crippen LogP contribution in [0.3, 0.4) is 0 Å². The number of fused-ring (bicyclic) bond motifs is 5. The number of nitro groups is 1. The fourth-order valence-electron chi connectivity index (χ4n) is 3.97. The maximum Gasteiger partial charge on any atom is 0.471 e. The van der Waals surface area contributed by atoms with Gasteiger partial charge in [-0.3, -0.25) is 14.9 Å². The standard InChI is InChI=1S/C19H15ClF3N3O4/c20-11-8-14-16(9-13(11)26(28)29)30-15-6-2-1-4-10(15)17-12(5-3-7-25(14)17)24-18(27)19(21,22)23/h1-2,4,6,8-9,12,17H,3,5,7H2,(H,24,27)/t12-,17-/m1/s1. The minimum absolute atomic E-state index is 0.117. The highest BCUT2D eigenvalue weighted by Crippen LogP contribution is 2.50. The van der Waals surface area contributed by atoms with E-state index < -0.39 is 29.1 Å². The minimum atomic E-state index is -5.01. The summed E-state index contributed by atoms with van der Waals surface area (Å²) < 4.78 is 44.6.